The minimum Gasteiger partial charge on any atom is -0.481 e. The van der Waals surface area contributed by atoms with Crippen molar-refractivity contribution in [3.05, 3.63) is 52.6 Å². The molecule has 0 bridgehead atoms. The van der Waals surface area contributed by atoms with E-state index in [-0.39, 0.29) is 24.5 Å². The van der Waals surface area contributed by atoms with Crippen molar-refractivity contribution in [2.45, 2.75) is 45.3 Å². The quantitative estimate of drug-likeness (QED) is 0.687. The Kier molecular flexibility index (Phi) is 6.92. The molecule has 1 aliphatic carbocycles. The molecule has 2 aliphatic rings. The van der Waals surface area contributed by atoms with Crippen molar-refractivity contribution in [1.29, 1.82) is 0 Å². The number of carbonyl (C=O) groups is 1. The van der Waals surface area contributed by atoms with E-state index in [4.69, 9.17) is 11.6 Å². The lowest BCUT2D eigenvalue weighted by Gasteiger charge is -2.43. The Morgan fingerprint density at radius 1 is 1.36 bits per heavy atom. The molecule has 1 aromatic rings. The maximum Gasteiger partial charge on any atom is 0.304 e. The molecule has 3 atom stereocenters. The van der Waals surface area contributed by atoms with Crippen molar-refractivity contribution in [2.75, 3.05) is 13.1 Å². The van der Waals surface area contributed by atoms with Crippen molar-refractivity contribution in [3.8, 4) is 0 Å². The number of nitrogens with one attached hydrogen (secondary N) is 1. The first kappa shape index (κ1) is 20.6. The van der Waals surface area contributed by atoms with Gasteiger partial charge in [-0.25, -0.2) is 0 Å². The summed E-state index contributed by atoms with van der Waals surface area (Å²) in [5, 5.41) is 13.4. The number of carboxylic acids is 1. The van der Waals surface area contributed by atoms with Crippen LogP contribution in [0.3, 0.4) is 0 Å². The number of aryl methyl sites for hydroxylation is 1. The van der Waals surface area contributed by atoms with E-state index in [1.54, 1.807) is 6.34 Å². The zero-order chi connectivity index (χ0) is 20.1. The van der Waals surface area contributed by atoms with Gasteiger partial charge in [-0.1, -0.05) is 55.3 Å². The van der Waals surface area contributed by atoms with E-state index in [0.29, 0.717) is 6.54 Å². The molecule has 3 unspecified atom stereocenters. The van der Waals surface area contributed by atoms with Crippen LogP contribution in [-0.4, -0.2) is 47.6 Å². The monoisotopic (exact) mass is 401 g/mol. The summed E-state index contributed by atoms with van der Waals surface area (Å²) < 4.78 is 0. The highest BCUT2D eigenvalue weighted by atomic mass is 35.5. The number of carboxylic acid groups (broad SMARTS) is 1. The maximum atomic E-state index is 11.2. The molecule has 150 valence electrons. The van der Waals surface area contributed by atoms with Crippen LogP contribution in [0.5, 0.6) is 0 Å². The molecule has 0 saturated carbocycles. The molecule has 3 rings (SSSR count). The van der Waals surface area contributed by atoms with Crippen LogP contribution in [0.4, 0.5) is 0 Å². The maximum absolute atomic E-state index is 11.2. The zero-order valence-corrected chi connectivity index (χ0v) is 17.2. The summed E-state index contributed by atoms with van der Waals surface area (Å²) in [5.41, 5.74) is 3.32. The lowest BCUT2D eigenvalue weighted by Crippen LogP contribution is -2.56. The summed E-state index contributed by atoms with van der Waals surface area (Å²) in [4.78, 5) is 18.1. The molecule has 2 N–H and O–H groups in total. The Morgan fingerprint density at radius 3 is 2.89 bits per heavy atom. The normalized spacial score (nSPS) is 23.3. The fraction of sp³-hybridized carbons (Fsp3) is 0.455. The average molecular weight is 402 g/mol. The Labute approximate surface area is 171 Å². The number of aliphatic carboxylic acids is 1. The van der Waals surface area contributed by atoms with Gasteiger partial charge in [0.1, 0.15) is 0 Å². The summed E-state index contributed by atoms with van der Waals surface area (Å²) in [7, 11) is 0. The molecular formula is C22H28ClN3O2. The summed E-state index contributed by atoms with van der Waals surface area (Å²) in [6.07, 6.45) is 10.3. The van der Waals surface area contributed by atoms with Gasteiger partial charge in [-0.2, -0.15) is 0 Å². The van der Waals surface area contributed by atoms with E-state index in [2.05, 4.69) is 46.4 Å². The van der Waals surface area contributed by atoms with E-state index in [9.17, 15) is 9.90 Å². The summed E-state index contributed by atoms with van der Waals surface area (Å²) in [6, 6.07) is 6.19. The van der Waals surface area contributed by atoms with Crippen LogP contribution in [0, 0.1) is 12.8 Å². The third kappa shape index (κ3) is 4.65. The first-order valence-corrected chi connectivity index (χ1v) is 10.3. The lowest BCUT2D eigenvalue weighted by atomic mass is 9.80. The minimum atomic E-state index is -0.771. The molecule has 0 amide bonds. The summed E-state index contributed by atoms with van der Waals surface area (Å²) >= 11 is 6.39. The predicted octanol–water partition coefficient (Wildman–Crippen LogP) is 4.12. The molecule has 0 fully saturated rings. The number of benzene rings is 1. The van der Waals surface area contributed by atoms with Crippen LogP contribution < -0.4 is 5.32 Å². The number of hydrogen-bond acceptors (Lipinski definition) is 4. The second kappa shape index (κ2) is 9.39. The molecule has 0 saturated heterocycles. The smallest absolute Gasteiger partial charge is 0.304 e. The van der Waals surface area contributed by atoms with E-state index >= 15 is 0 Å². The number of nitrogens with zero attached hydrogens (tertiary/aromatic N) is 2. The summed E-state index contributed by atoms with van der Waals surface area (Å²) in [5.74, 6) is -0.674. The van der Waals surface area contributed by atoms with E-state index in [0.717, 1.165) is 35.5 Å². The fourth-order valence-corrected chi connectivity index (χ4v) is 4.06. The van der Waals surface area contributed by atoms with E-state index < -0.39 is 5.97 Å². The number of rotatable bonds is 8. The van der Waals surface area contributed by atoms with E-state index in [1.807, 2.05) is 19.1 Å². The average Bonchev–Trinajstić information content (AvgIpc) is 2.69. The Balaban J connectivity index is 1.93. The second-order valence-electron chi connectivity index (χ2n) is 7.41. The fourth-order valence-electron chi connectivity index (χ4n) is 3.88. The number of halogens is 1. The number of hydrogen-bond donors (Lipinski definition) is 2. The molecule has 1 heterocycles. The van der Waals surface area contributed by atoms with Gasteiger partial charge >= 0.3 is 5.97 Å². The Morgan fingerprint density at radius 2 is 2.18 bits per heavy atom. The van der Waals surface area contributed by atoms with Crippen molar-refractivity contribution < 1.29 is 9.90 Å². The van der Waals surface area contributed by atoms with Gasteiger partial charge in [0.05, 0.1) is 25.0 Å². The van der Waals surface area contributed by atoms with Gasteiger partial charge in [-0.05, 0) is 36.1 Å². The van der Waals surface area contributed by atoms with Crippen molar-refractivity contribution in [2.24, 2.45) is 10.9 Å². The molecular weight excluding hydrogens is 374 g/mol. The van der Waals surface area contributed by atoms with Gasteiger partial charge in [0.15, 0.2) is 0 Å². The molecule has 28 heavy (non-hydrogen) atoms. The first-order chi connectivity index (χ1) is 13.5. The van der Waals surface area contributed by atoms with Crippen LogP contribution in [0.15, 0.2) is 41.4 Å². The van der Waals surface area contributed by atoms with Crippen LogP contribution >= 0.6 is 11.6 Å². The Hall–Kier alpha value is -2.11. The highest BCUT2D eigenvalue weighted by Crippen LogP contribution is 2.37. The highest BCUT2D eigenvalue weighted by molar-refractivity contribution is 6.31. The SMILES string of the molecule is CCCCN(CCC(=O)O)C1NC=NC2C=CC=C(c3ccc(C)c(Cl)c3)C21. The van der Waals surface area contributed by atoms with Gasteiger partial charge in [-0.3, -0.25) is 14.7 Å². The third-order valence-corrected chi connectivity index (χ3v) is 5.86. The van der Waals surface area contributed by atoms with Crippen LogP contribution in [0.1, 0.15) is 37.3 Å². The van der Waals surface area contributed by atoms with Gasteiger partial charge in [0, 0.05) is 24.0 Å². The van der Waals surface area contributed by atoms with Crippen LogP contribution in [-0.2, 0) is 4.79 Å². The van der Waals surface area contributed by atoms with Crippen molar-refractivity contribution >= 4 is 29.5 Å². The predicted molar refractivity (Wildman–Crippen MR) is 115 cm³/mol. The third-order valence-electron chi connectivity index (χ3n) is 5.45. The van der Waals surface area contributed by atoms with Gasteiger partial charge in [0.25, 0.3) is 0 Å². The molecule has 5 nitrogen and oxygen atoms in total. The minimum absolute atomic E-state index is 0.00956. The van der Waals surface area contributed by atoms with Gasteiger partial charge in [-0.15, -0.1) is 0 Å². The molecule has 1 aromatic carbocycles. The highest BCUT2D eigenvalue weighted by Gasteiger charge is 2.38. The van der Waals surface area contributed by atoms with Gasteiger partial charge < -0.3 is 10.4 Å². The largest absolute Gasteiger partial charge is 0.481 e. The van der Waals surface area contributed by atoms with Crippen molar-refractivity contribution in [1.82, 2.24) is 10.2 Å². The molecule has 0 aromatic heterocycles. The van der Waals surface area contributed by atoms with Gasteiger partial charge in [0.2, 0.25) is 0 Å². The first-order valence-electron chi connectivity index (χ1n) is 9.89. The number of unbranched alkanes of at least 4 members (excludes halogenated alkanes) is 1. The standard InChI is InChI=1S/C22H28ClN3O2/c1-3-4-11-26(12-10-20(27)28)22-21-17(6-5-7-19(21)24-14-25-22)16-9-8-15(2)18(23)13-16/h5-9,13-14,19,21-22H,3-4,10-12H2,1-2H3,(H,24,25)(H,27,28). The molecule has 6 heteroatoms. The number of aliphatic imine (C=N–C) groups is 1. The molecule has 0 spiro atoms. The summed E-state index contributed by atoms with van der Waals surface area (Å²) in [6.45, 7) is 5.51. The second-order valence-corrected chi connectivity index (χ2v) is 7.82. The van der Waals surface area contributed by atoms with Crippen molar-refractivity contribution in [3.63, 3.8) is 0 Å². The lowest BCUT2D eigenvalue weighted by molar-refractivity contribution is -0.137. The Bertz CT molecular complexity index is 803. The van der Waals surface area contributed by atoms with Crippen LogP contribution in [0.2, 0.25) is 5.02 Å². The topological polar surface area (TPSA) is 64.9 Å². The number of allylic oxidation sites excluding steroid dienone is 2. The number of fused-ring (bicyclic) bond motifs is 1. The zero-order valence-electron chi connectivity index (χ0n) is 16.4. The van der Waals surface area contributed by atoms with Crippen LogP contribution in [0.25, 0.3) is 5.57 Å². The molecule has 1 aliphatic heterocycles. The molecule has 0 radical (unpaired) electrons. The van der Waals surface area contributed by atoms with E-state index in [1.165, 1.54) is 5.57 Å².